The second-order valence-electron chi connectivity index (χ2n) is 3.48. The molecule has 0 aliphatic heterocycles. The van der Waals surface area contributed by atoms with Gasteiger partial charge in [-0.3, -0.25) is 0 Å². The highest BCUT2D eigenvalue weighted by Crippen LogP contribution is 1.99. The second-order valence-corrected chi connectivity index (χ2v) is 3.48. The van der Waals surface area contributed by atoms with Crippen LogP contribution in [0.5, 0.6) is 0 Å². The Morgan fingerprint density at radius 1 is 1.07 bits per heavy atom. The average molecular weight is 203 g/mol. The Hall–Kier alpha value is -0.120. The van der Waals surface area contributed by atoms with Crippen molar-refractivity contribution in [1.82, 2.24) is 0 Å². The number of hydrogen-bond acceptors (Lipinski definition) is 3. The lowest BCUT2D eigenvalue weighted by molar-refractivity contribution is 0.00450. The van der Waals surface area contributed by atoms with Gasteiger partial charge in [-0.05, 0) is 12.8 Å². The molecule has 0 aromatic heterocycles. The monoisotopic (exact) mass is 203 g/mol. The van der Waals surface area contributed by atoms with Gasteiger partial charge in [0.1, 0.15) is 0 Å². The van der Waals surface area contributed by atoms with Gasteiger partial charge in [0.05, 0.1) is 19.3 Å². The van der Waals surface area contributed by atoms with Crippen molar-refractivity contribution in [3.8, 4) is 0 Å². The van der Waals surface area contributed by atoms with Crippen LogP contribution in [0, 0.1) is 0 Å². The number of rotatable bonds is 10. The summed E-state index contributed by atoms with van der Waals surface area (Å²) in [4.78, 5) is 0. The molecule has 86 valence electrons. The molecule has 0 spiro atoms. The molecule has 0 heterocycles. The van der Waals surface area contributed by atoms with E-state index >= 15 is 0 Å². The molecule has 0 aromatic carbocycles. The lowest BCUT2D eigenvalue weighted by Crippen LogP contribution is -2.25. The zero-order valence-electron chi connectivity index (χ0n) is 9.63. The first-order chi connectivity index (χ1) is 6.85. The molecule has 3 nitrogen and oxygen atoms in total. The molecule has 0 saturated heterocycles. The van der Waals surface area contributed by atoms with Crippen molar-refractivity contribution in [3.05, 3.63) is 0 Å². The van der Waals surface area contributed by atoms with Gasteiger partial charge in [0.2, 0.25) is 0 Å². The van der Waals surface area contributed by atoms with Crippen LogP contribution in [-0.2, 0) is 9.47 Å². The van der Waals surface area contributed by atoms with Gasteiger partial charge >= 0.3 is 0 Å². The Balaban J connectivity index is 3.15. The van der Waals surface area contributed by atoms with E-state index in [1.54, 1.807) is 0 Å². The number of nitrogens with two attached hydrogens (primary N) is 1. The SMILES string of the molecule is CCCCOCCOC(CN)CCC. The van der Waals surface area contributed by atoms with Gasteiger partial charge in [-0.15, -0.1) is 0 Å². The van der Waals surface area contributed by atoms with E-state index < -0.39 is 0 Å². The third kappa shape index (κ3) is 8.48. The molecule has 0 aliphatic rings. The smallest absolute Gasteiger partial charge is 0.0704 e. The molecule has 0 bridgehead atoms. The molecule has 0 aromatic rings. The summed E-state index contributed by atoms with van der Waals surface area (Å²) in [7, 11) is 0. The van der Waals surface area contributed by atoms with Crippen LogP contribution >= 0.6 is 0 Å². The summed E-state index contributed by atoms with van der Waals surface area (Å²) in [5, 5.41) is 0. The third-order valence-electron chi connectivity index (χ3n) is 2.10. The van der Waals surface area contributed by atoms with Crippen LogP contribution < -0.4 is 5.73 Å². The standard InChI is InChI=1S/C11H25NO2/c1-3-5-7-13-8-9-14-11(10-12)6-4-2/h11H,3-10,12H2,1-2H3. The summed E-state index contributed by atoms with van der Waals surface area (Å²) < 4.78 is 10.9. The highest BCUT2D eigenvalue weighted by Gasteiger charge is 2.04. The van der Waals surface area contributed by atoms with Crippen molar-refractivity contribution < 1.29 is 9.47 Å². The first kappa shape index (κ1) is 13.9. The van der Waals surface area contributed by atoms with Gasteiger partial charge in [-0.1, -0.05) is 26.7 Å². The van der Waals surface area contributed by atoms with Crippen molar-refractivity contribution in [2.75, 3.05) is 26.4 Å². The summed E-state index contributed by atoms with van der Waals surface area (Å²) >= 11 is 0. The molecule has 0 fully saturated rings. The van der Waals surface area contributed by atoms with Crippen LogP contribution in [0.4, 0.5) is 0 Å². The number of unbranched alkanes of at least 4 members (excludes halogenated alkanes) is 1. The molecular formula is C11H25NO2. The highest BCUT2D eigenvalue weighted by atomic mass is 16.5. The Labute approximate surface area is 88.0 Å². The van der Waals surface area contributed by atoms with Crippen LogP contribution in [0.15, 0.2) is 0 Å². The molecule has 14 heavy (non-hydrogen) atoms. The third-order valence-corrected chi connectivity index (χ3v) is 2.10. The number of hydrogen-bond donors (Lipinski definition) is 1. The minimum atomic E-state index is 0.217. The molecule has 2 N–H and O–H groups in total. The van der Waals surface area contributed by atoms with E-state index in [-0.39, 0.29) is 6.10 Å². The van der Waals surface area contributed by atoms with Crippen molar-refractivity contribution in [2.45, 2.75) is 45.6 Å². The predicted molar refractivity (Wildman–Crippen MR) is 59.4 cm³/mol. The highest BCUT2D eigenvalue weighted by molar-refractivity contribution is 4.56. The largest absolute Gasteiger partial charge is 0.379 e. The lowest BCUT2D eigenvalue weighted by Gasteiger charge is -2.14. The van der Waals surface area contributed by atoms with E-state index in [4.69, 9.17) is 15.2 Å². The van der Waals surface area contributed by atoms with Crippen molar-refractivity contribution >= 4 is 0 Å². The molecule has 0 rings (SSSR count). The van der Waals surface area contributed by atoms with E-state index in [2.05, 4.69) is 13.8 Å². The van der Waals surface area contributed by atoms with Gasteiger partial charge in [-0.25, -0.2) is 0 Å². The zero-order valence-corrected chi connectivity index (χ0v) is 9.63. The molecule has 0 radical (unpaired) electrons. The maximum Gasteiger partial charge on any atom is 0.0704 e. The van der Waals surface area contributed by atoms with Crippen molar-refractivity contribution in [3.63, 3.8) is 0 Å². The van der Waals surface area contributed by atoms with Gasteiger partial charge in [0, 0.05) is 13.2 Å². The summed E-state index contributed by atoms with van der Waals surface area (Å²) in [6.45, 7) is 7.13. The van der Waals surface area contributed by atoms with Crippen LogP contribution in [0.1, 0.15) is 39.5 Å². The minimum Gasteiger partial charge on any atom is -0.379 e. The quantitative estimate of drug-likeness (QED) is 0.552. The van der Waals surface area contributed by atoms with Crippen LogP contribution in [0.2, 0.25) is 0 Å². The van der Waals surface area contributed by atoms with Gasteiger partial charge in [0.15, 0.2) is 0 Å². The fourth-order valence-corrected chi connectivity index (χ4v) is 1.21. The summed E-state index contributed by atoms with van der Waals surface area (Å²) in [6, 6.07) is 0. The molecule has 1 unspecified atom stereocenters. The summed E-state index contributed by atoms with van der Waals surface area (Å²) in [5.74, 6) is 0. The molecular weight excluding hydrogens is 178 g/mol. The van der Waals surface area contributed by atoms with E-state index in [1.807, 2.05) is 0 Å². The van der Waals surface area contributed by atoms with Gasteiger partial charge in [-0.2, -0.15) is 0 Å². The van der Waals surface area contributed by atoms with Gasteiger partial charge in [0.25, 0.3) is 0 Å². The first-order valence-corrected chi connectivity index (χ1v) is 5.74. The van der Waals surface area contributed by atoms with E-state index in [1.165, 1.54) is 6.42 Å². The Kier molecular flexibility index (Phi) is 10.9. The molecule has 0 aliphatic carbocycles. The van der Waals surface area contributed by atoms with E-state index in [0.29, 0.717) is 19.8 Å². The lowest BCUT2D eigenvalue weighted by atomic mass is 10.2. The van der Waals surface area contributed by atoms with Crippen molar-refractivity contribution in [1.29, 1.82) is 0 Å². The summed E-state index contributed by atoms with van der Waals surface area (Å²) in [6.07, 6.45) is 4.70. The van der Waals surface area contributed by atoms with E-state index in [9.17, 15) is 0 Å². The zero-order chi connectivity index (χ0) is 10.6. The maximum absolute atomic E-state index is 5.56. The van der Waals surface area contributed by atoms with Crippen LogP contribution in [0.25, 0.3) is 0 Å². The molecule has 0 amide bonds. The maximum atomic E-state index is 5.56. The molecule has 3 heteroatoms. The average Bonchev–Trinajstić information content (AvgIpc) is 2.21. The first-order valence-electron chi connectivity index (χ1n) is 5.74. The van der Waals surface area contributed by atoms with E-state index in [0.717, 1.165) is 25.9 Å². The molecule has 0 saturated carbocycles. The fraction of sp³-hybridized carbons (Fsp3) is 1.00. The molecule has 1 atom stereocenters. The number of ether oxygens (including phenoxy) is 2. The summed E-state index contributed by atoms with van der Waals surface area (Å²) in [5.41, 5.74) is 5.56. The topological polar surface area (TPSA) is 44.5 Å². The van der Waals surface area contributed by atoms with Crippen molar-refractivity contribution in [2.24, 2.45) is 5.73 Å². The Morgan fingerprint density at radius 2 is 1.86 bits per heavy atom. The second kappa shape index (κ2) is 11.0. The van der Waals surface area contributed by atoms with Gasteiger partial charge < -0.3 is 15.2 Å². The normalized spacial score (nSPS) is 13.1. The Morgan fingerprint density at radius 3 is 2.43 bits per heavy atom. The van der Waals surface area contributed by atoms with Crippen LogP contribution in [-0.4, -0.2) is 32.5 Å². The Bertz CT molecular complexity index is 109. The fourth-order valence-electron chi connectivity index (χ4n) is 1.21. The minimum absolute atomic E-state index is 0.217. The van der Waals surface area contributed by atoms with Crippen LogP contribution in [0.3, 0.4) is 0 Å². The predicted octanol–water partition coefficient (Wildman–Crippen LogP) is 1.95.